The lowest BCUT2D eigenvalue weighted by molar-refractivity contribution is -0.145. The van der Waals surface area contributed by atoms with Crippen molar-refractivity contribution in [2.75, 3.05) is 12.3 Å². The first kappa shape index (κ1) is 14.6. The van der Waals surface area contributed by atoms with Crippen molar-refractivity contribution >= 4 is 29.7 Å². The average molecular weight is 276 g/mol. The van der Waals surface area contributed by atoms with E-state index in [9.17, 15) is 14.4 Å². The van der Waals surface area contributed by atoms with Gasteiger partial charge in [0.05, 0.1) is 6.42 Å². The van der Waals surface area contributed by atoms with Gasteiger partial charge in [-0.25, -0.2) is 9.59 Å². The van der Waals surface area contributed by atoms with Crippen LogP contribution in [0.15, 0.2) is 0 Å². The van der Waals surface area contributed by atoms with Crippen molar-refractivity contribution in [3.63, 3.8) is 0 Å². The third-order valence-corrected chi connectivity index (χ3v) is 3.89. The van der Waals surface area contributed by atoms with Crippen molar-refractivity contribution in [1.82, 2.24) is 10.6 Å². The van der Waals surface area contributed by atoms with Crippen molar-refractivity contribution < 1.29 is 24.6 Å². The maximum atomic E-state index is 11.4. The van der Waals surface area contributed by atoms with Crippen LogP contribution in [0.2, 0.25) is 0 Å². The van der Waals surface area contributed by atoms with Crippen LogP contribution < -0.4 is 10.6 Å². The Morgan fingerprint density at radius 2 is 2.06 bits per heavy atom. The smallest absolute Gasteiger partial charge is 0.326 e. The molecule has 4 N–H and O–H groups in total. The number of hydrogen-bond acceptors (Lipinski definition) is 4. The van der Waals surface area contributed by atoms with Crippen LogP contribution >= 0.6 is 11.8 Å². The van der Waals surface area contributed by atoms with Crippen LogP contribution in [-0.4, -0.2) is 51.8 Å². The lowest BCUT2D eigenvalue weighted by Gasteiger charge is -2.15. The number of carboxylic acids is 2. The summed E-state index contributed by atoms with van der Waals surface area (Å²) in [4.78, 5) is 32.6. The van der Waals surface area contributed by atoms with Crippen LogP contribution in [-0.2, 0) is 9.59 Å². The molecule has 1 unspecified atom stereocenters. The van der Waals surface area contributed by atoms with E-state index in [0.29, 0.717) is 11.8 Å². The first-order valence-corrected chi connectivity index (χ1v) is 6.64. The van der Waals surface area contributed by atoms with E-state index in [1.54, 1.807) is 11.8 Å². The standard InChI is InChI=1S/C10H16N2O5S/c13-8(14)4-7(9(15)16)12-10(17)11-5-6-2-1-3-18-6/h6-7H,1-5H2,(H,13,14)(H,15,16)(H2,11,12,17)/t6?,7-/m0/s1. The monoisotopic (exact) mass is 276 g/mol. The molecule has 1 fully saturated rings. The van der Waals surface area contributed by atoms with Crippen molar-refractivity contribution in [3.8, 4) is 0 Å². The minimum atomic E-state index is -1.40. The van der Waals surface area contributed by atoms with Crippen LogP contribution in [0.5, 0.6) is 0 Å². The van der Waals surface area contributed by atoms with E-state index in [4.69, 9.17) is 10.2 Å². The van der Waals surface area contributed by atoms with Crippen LogP contribution in [0.1, 0.15) is 19.3 Å². The third kappa shape index (κ3) is 5.26. The van der Waals surface area contributed by atoms with E-state index >= 15 is 0 Å². The predicted octanol–water partition coefficient (Wildman–Crippen LogP) is 0.109. The predicted molar refractivity (Wildman–Crippen MR) is 65.7 cm³/mol. The molecule has 1 aliphatic heterocycles. The lowest BCUT2D eigenvalue weighted by Crippen LogP contribution is -2.48. The lowest BCUT2D eigenvalue weighted by atomic mass is 10.2. The Hall–Kier alpha value is -1.44. The summed E-state index contributed by atoms with van der Waals surface area (Å²) in [5.41, 5.74) is 0. The Labute approximate surface area is 108 Å². The highest BCUT2D eigenvalue weighted by atomic mass is 32.2. The van der Waals surface area contributed by atoms with E-state index in [1.165, 1.54) is 0 Å². The molecule has 0 aromatic carbocycles. The first-order chi connectivity index (χ1) is 8.49. The highest BCUT2D eigenvalue weighted by Crippen LogP contribution is 2.25. The SMILES string of the molecule is O=C(O)C[C@H](NC(=O)NCC1CCCS1)C(=O)O. The van der Waals surface area contributed by atoms with Crippen molar-refractivity contribution in [2.45, 2.75) is 30.6 Å². The van der Waals surface area contributed by atoms with Gasteiger partial charge in [-0.15, -0.1) is 0 Å². The molecule has 1 heterocycles. The van der Waals surface area contributed by atoms with Gasteiger partial charge in [-0.05, 0) is 18.6 Å². The molecule has 102 valence electrons. The fourth-order valence-corrected chi connectivity index (χ4v) is 2.80. The van der Waals surface area contributed by atoms with Crippen molar-refractivity contribution in [3.05, 3.63) is 0 Å². The zero-order valence-electron chi connectivity index (χ0n) is 9.72. The summed E-state index contributed by atoms with van der Waals surface area (Å²) in [5.74, 6) is -1.55. The number of thioether (sulfide) groups is 1. The van der Waals surface area contributed by atoms with E-state index < -0.39 is 30.4 Å². The maximum Gasteiger partial charge on any atom is 0.326 e. The molecule has 1 saturated heterocycles. The summed E-state index contributed by atoms with van der Waals surface area (Å²) < 4.78 is 0. The van der Waals surface area contributed by atoms with Gasteiger partial charge >= 0.3 is 18.0 Å². The normalized spacial score (nSPS) is 20.1. The number of rotatable bonds is 6. The third-order valence-electron chi connectivity index (χ3n) is 2.50. The van der Waals surface area contributed by atoms with E-state index in [-0.39, 0.29) is 0 Å². The number of carboxylic acid groups (broad SMARTS) is 2. The molecule has 1 aliphatic rings. The second kappa shape index (κ2) is 7.10. The molecule has 0 aromatic heterocycles. The quantitative estimate of drug-likeness (QED) is 0.547. The number of carbonyl (C=O) groups excluding carboxylic acids is 1. The second-order valence-corrected chi connectivity index (χ2v) is 5.39. The summed E-state index contributed by atoms with van der Waals surface area (Å²) in [6, 6.07) is -2.05. The van der Waals surface area contributed by atoms with Gasteiger partial charge in [0.25, 0.3) is 0 Å². The van der Waals surface area contributed by atoms with Crippen LogP contribution in [0.25, 0.3) is 0 Å². The van der Waals surface area contributed by atoms with E-state index in [0.717, 1.165) is 18.6 Å². The summed E-state index contributed by atoms with van der Waals surface area (Å²) in [6.07, 6.45) is 1.51. The number of nitrogens with one attached hydrogen (secondary N) is 2. The summed E-state index contributed by atoms with van der Waals surface area (Å²) in [6.45, 7) is 0.468. The Morgan fingerprint density at radius 1 is 1.33 bits per heavy atom. The van der Waals surface area contributed by atoms with Gasteiger partial charge < -0.3 is 20.8 Å². The van der Waals surface area contributed by atoms with Gasteiger partial charge in [-0.3, -0.25) is 4.79 Å². The number of carbonyl (C=O) groups is 3. The molecule has 1 rings (SSSR count). The van der Waals surface area contributed by atoms with Gasteiger partial charge in [0.15, 0.2) is 0 Å². The topological polar surface area (TPSA) is 116 Å². The molecule has 0 aliphatic carbocycles. The molecule has 0 saturated carbocycles. The molecule has 0 spiro atoms. The second-order valence-electron chi connectivity index (χ2n) is 3.98. The highest BCUT2D eigenvalue weighted by Gasteiger charge is 2.23. The molecular formula is C10H16N2O5S. The van der Waals surface area contributed by atoms with Crippen molar-refractivity contribution in [1.29, 1.82) is 0 Å². The van der Waals surface area contributed by atoms with Gasteiger partial charge in [0.1, 0.15) is 6.04 Å². The average Bonchev–Trinajstić information content (AvgIpc) is 2.77. The summed E-state index contributed by atoms with van der Waals surface area (Å²) >= 11 is 1.77. The summed E-state index contributed by atoms with van der Waals surface area (Å²) in [5, 5.41) is 22.3. The van der Waals surface area contributed by atoms with Gasteiger partial charge in [0.2, 0.25) is 0 Å². The summed E-state index contributed by atoms with van der Waals surface area (Å²) in [7, 11) is 0. The van der Waals surface area contributed by atoms with Crippen LogP contribution in [0.4, 0.5) is 4.79 Å². The fourth-order valence-electron chi connectivity index (χ4n) is 1.60. The maximum absolute atomic E-state index is 11.4. The van der Waals surface area contributed by atoms with Gasteiger partial charge in [0, 0.05) is 11.8 Å². The molecule has 0 bridgehead atoms. The Morgan fingerprint density at radius 3 is 2.56 bits per heavy atom. The van der Waals surface area contributed by atoms with Gasteiger partial charge in [-0.1, -0.05) is 0 Å². The highest BCUT2D eigenvalue weighted by molar-refractivity contribution is 8.00. The largest absolute Gasteiger partial charge is 0.481 e. The number of urea groups is 1. The first-order valence-electron chi connectivity index (χ1n) is 5.59. The molecular weight excluding hydrogens is 260 g/mol. The zero-order chi connectivity index (χ0) is 13.5. The molecule has 0 radical (unpaired) electrons. The fraction of sp³-hybridized carbons (Fsp3) is 0.700. The molecule has 8 heteroatoms. The Kier molecular flexibility index (Phi) is 5.76. The number of hydrogen-bond donors (Lipinski definition) is 4. The zero-order valence-corrected chi connectivity index (χ0v) is 10.5. The molecule has 7 nitrogen and oxygen atoms in total. The Bertz CT molecular complexity index is 330. The van der Waals surface area contributed by atoms with E-state index in [1.807, 2.05) is 0 Å². The molecule has 0 aromatic rings. The minimum absolute atomic E-state index is 0.360. The number of amides is 2. The molecule has 2 amide bonds. The number of aliphatic carboxylic acids is 2. The van der Waals surface area contributed by atoms with Crippen molar-refractivity contribution in [2.24, 2.45) is 0 Å². The Balaban J connectivity index is 2.31. The van der Waals surface area contributed by atoms with Gasteiger partial charge in [-0.2, -0.15) is 11.8 Å². The van der Waals surface area contributed by atoms with Crippen LogP contribution in [0, 0.1) is 0 Å². The molecule has 18 heavy (non-hydrogen) atoms. The minimum Gasteiger partial charge on any atom is -0.481 e. The molecule has 2 atom stereocenters. The van der Waals surface area contributed by atoms with E-state index in [2.05, 4.69) is 10.6 Å². The van der Waals surface area contributed by atoms with Crippen LogP contribution in [0.3, 0.4) is 0 Å².